The van der Waals surface area contributed by atoms with Crippen LogP contribution < -0.4 is 19.1 Å². The van der Waals surface area contributed by atoms with Gasteiger partial charge in [-0.1, -0.05) is 0 Å². The number of piperazine rings is 1. The Labute approximate surface area is 222 Å². The predicted octanol–water partition coefficient (Wildman–Crippen LogP) is 4.88. The first-order valence-electron chi connectivity index (χ1n) is 11.6. The van der Waals surface area contributed by atoms with Gasteiger partial charge in [-0.2, -0.15) is 0 Å². The summed E-state index contributed by atoms with van der Waals surface area (Å²) in [7, 11) is 0. The molecule has 0 aliphatic carbocycles. The van der Waals surface area contributed by atoms with E-state index in [0.29, 0.717) is 24.6 Å². The van der Waals surface area contributed by atoms with Gasteiger partial charge in [0.2, 0.25) is 0 Å². The van der Waals surface area contributed by atoms with E-state index in [4.69, 9.17) is 9.47 Å². The maximum absolute atomic E-state index is 12.3. The molecule has 0 radical (unpaired) electrons. The summed E-state index contributed by atoms with van der Waals surface area (Å²) in [5, 5.41) is 10.9. The van der Waals surface area contributed by atoms with Crippen LogP contribution in [-0.2, 0) is 6.54 Å². The number of halogens is 4. The second kappa shape index (κ2) is 10.6. The van der Waals surface area contributed by atoms with Crippen LogP contribution in [0.3, 0.4) is 0 Å². The molecule has 0 amide bonds. The Morgan fingerprint density at radius 1 is 1.03 bits per heavy atom. The normalized spacial score (nSPS) is 19.3. The number of ether oxygens (including phenoxy) is 3. The Morgan fingerprint density at radius 2 is 1.61 bits per heavy atom. The predicted molar refractivity (Wildman–Crippen MR) is 133 cm³/mol. The van der Waals surface area contributed by atoms with Crippen molar-refractivity contribution in [2.75, 3.05) is 37.6 Å². The highest BCUT2D eigenvalue weighted by atomic mass is 35.5. The lowest BCUT2D eigenvalue weighted by molar-refractivity contribution is -0.389. The van der Waals surface area contributed by atoms with E-state index < -0.39 is 16.9 Å². The zero-order chi connectivity index (χ0) is 26.2. The molecule has 1 saturated heterocycles. The van der Waals surface area contributed by atoms with Gasteiger partial charge in [0.15, 0.2) is 0 Å². The zero-order valence-electron chi connectivity index (χ0n) is 20.3. The van der Waals surface area contributed by atoms with Gasteiger partial charge in [-0.05, 0) is 60.4 Å². The average Bonchev–Trinajstić information content (AvgIpc) is 3.36. The summed E-state index contributed by atoms with van der Waals surface area (Å²) >= 11 is 0. The van der Waals surface area contributed by atoms with Gasteiger partial charge in [0.05, 0.1) is 6.54 Å². The molecule has 2 aromatic carbocycles. The van der Waals surface area contributed by atoms with Gasteiger partial charge < -0.3 is 29.2 Å². The molecule has 3 heterocycles. The van der Waals surface area contributed by atoms with E-state index in [-0.39, 0.29) is 30.0 Å². The number of rotatable bonds is 7. The van der Waals surface area contributed by atoms with Crippen molar-refractivity contribution in [3.8, 4) is 23.3 Å². The van der Waals surface area contributed by atoms with Crippen LogP contribution >= 0.6 is 12.4 Å². The van der Waals surface area contributed by atoms with Crippen molar-refractivity contribution >= 4 is 23.9 Å². The van der Waals surface area contributed by atoms with Gasteiger partial charge in [-0.3, -0.25) is 9.47 Å². The number of anilines is 1. The molecule has 3 aromatic rings. The number of nitrogens with zero attached hydrogens (tertiary/aromatic N) is 5. The maximum Gasteiger partial charge on any atom is 0.573 e. The molecule has 0 saturated carbocycles. The Hall–Kier alpha value is -3.71. The van der Waals surface area contributed by atoms with E-state index in [0.717, 1.165) is 31.9 Å². The van der Waals surface area contributed by atoms with Crippen LogP contribution in [0.25, 0.3) is 0 Å². The topological polar surface area (TPSA) is 95.1 Å². The fourth-order valence-electron chi connectivity index (χ4n) is 4.57. The minimum atomic E-state index is -4.73. The second-order valence-electron chi connectivity index (χ2n) is 9.20. The molecule has 1 atom stereocenters. The molecular weight excluding hydrogens is 531 g/mol. The minimum absolute atomic E-state index is 0. The first kappa shape index (κ1) is 27.3. The highest BCUT2D eigenvalue weighted by Crippen LogP contribution is 2.32. The van der Waals surface area contributed by atoms with Gasteiger partial charge in [-0.15, -0.1) is 25.6 Å². The van der Waals surface area contributed by atoms with E-state index >= 15 is 0 Å². The molecule has 1 aromatic heterocycles. The van der Waals surface area contributed by atoms with Crippen molar-refractivity contribution in [2.24, 2.45) is 0 Å². The quantitative estimate of drug-likeness (QED) is 0.301. The lowest BCUT2D eigenvalue weighted by Gasteiger charge is -2.39. The third-order valence-electron chi connectivity index (χ3n) is 6.18. The molecule has 1 fully saturated rings. The highest BCUT2D eigenvalue weighted by Gasteiger charge is 2.41. The summed E-state index contributed by atoms with van der Waals surface area (Å²) in [4.78, 5) is 18.9. The number of alkyl halides is 3. The fourth-order valence-corrected chi connectivity index (χ4v) is 4.57. The Bertz CT molecular complexity index is 1240. The largest absolute Gasteiger partial charge is 0.573 e. The molecule has 1 unspecified atom stereocenters. The molecule has 0 bridgehead atoms. The summed E-state index contributed by atoms with van der Waals surface area (Å²) in [6.07, 6.45) is -3.33. The third-order valence-corrected chi connectivity index (χ3v) is 6.18. The monoisotopic (exact) mass is 555 g/mol. The molecule has 0 spiro atoms. The minimum Gasteiger partial charge on any atom is -0.457 e. The Morgan fingerprint density at radius 3 is 2.16 bits per heavy atom. The SMILES string of the molecule is CC1(CN2CCN(c3ccc(Oc4ccc(OC(F)(F)F)cc4)cc3)CC2)Cn2cc([N+](=O)[O-])nc2O1.Cl. The zero-order valence-corrected chi connectivity index (χ0v) is 21.1. The molecule has 2 aliphatic rings. The first-order chi connectivity index (χ1) is 17.6. The molecular formula is C24H25ClF3N5O5. The van der Waals surface area contributed by atoms with E-state index in [2.05, 4.69) is 19.5 Å². The Kier molecular flexibility index (Phi) is 7.61. The molecule has 5 rings (SSSR count). The number of aromatic nitrogens is 2. The smallest absolute Gasteiger partial charge is 0.457 e. The second-order valence-corrected chi connectivity index (χ2v) is 9.20. The molecule has 2 aliphatic heterocycles. The van der Waals surface area contributed by atoms with Crippen molar-refractivity contribution in [1.29, 1.82) is 0 Å². The third kappa shape index (κ3) is 6.40. The van der Waals surface area contributed by atoms with Crippen LogP contribution in [0.5, 0.6) is 23.3 Å². The van der Waals surface area contributed by atoms with Crippen LogP contribution in [0.15, 0.2) is 54.7 Å². The summed E-state index contributed by atoms with van der Waals surface area (Å²) in [5.41, 5.74) is 0.534. The lowest BCUT2D eigenvalue weighted by Crippen LogP contribution is -2.52. The van der Waals surface area contributed by atoms with Crippen molar-refractivity contribution < 1.29 is 32.3 Å². The number of benzene rings is 2. The average molecular weight is 556 g/mol. The van der Waals surface area contributed by atoms with Crippen molar-refractivity contribution in [3.63, 3.8) is 0 Å². The van der Waals surface area contributed by atoms with Crippen molar-refractivity contribution in [1.82, 2.24) is 14.5 Å². The summed E-state index contributed by atoms with van der Waals surface area (Å²) in [6, 6.07) is 13.0. The first-order valence-corrected chi connectivity index (χ1v) is 11.6. The standard InChI is InChI=1S/C24H24F3N5O5.ClH/c1-23(16-31-14-21(32(33)34)28-22(31)37-23)15-29-10-12-30(13-11-29)17-2-4-18(5-3-17)35-19-6-8-20(9-7-19)36-24(25,26)27;/h2-9,14H,10-13,15-16H2,1H3;1H. The van der Waals surface area contributed by atoms with E-state index in [1.165, 1.54) is 30.5 Å². The molecule has 38 heavy (non-hydrogen) atoms. The van der Waals surface area contributed by atoms with Gasteiger partial charge in [0.1, 0.15) is 29.0 Å². The number of fused-ring (bicyclic) bond motifs is 1. The number of hydrogen-bond acceptors (Lipinski definition) is 8. The maximum atomic E-state index is 12.3. The molecule has 14 heteroatoms. The number of imidazole rings is 1. The fraction of sp³-hybridized carbons (Fsp3) is 0.375. The summed E-state index contributed by atoms with van der Waals surface area (Å²) in [5.74, 6) is 0.444. The van der Waals surface area contributed by atoms with Gasteiger partial charge in [0.25, 0.3) is 0 Å². The number of hydrogen-bond donors (Lipinski definition) is 0. The van der Waals surface area contributed by atoms with Gasteiger partial charge >= 0.3 is 18.2 Å². The van der Waals surface area contributed by atoms with Gasteiger partial charge in [-0.25, -0.2) is 0 Å². The van der Waals surface area contributed by atoms with Crippen LogP contribution in [0.4, 0.5) is 24.7 Å². The molecule has 0 N–H and O–H groups in total. The summed E-state index contributed by atoms with van der Waals surface area (Å²) < 4.78 is 54.1. The Balaban J connectivity index is 0.00000336. The molecule has 10 nitrogen and oxygen atoms in total. The van der Waals surface area contributed by atoms with Crippen molar-refractivity contribution in [2.45, 2.75) is 25.4 Å². The van der Waals surface area contributed by atoms with Crippen molar-refractivity contribution in [3.05, 3.63) is 64.8 Å². The van der Waals surface area contributed by atoms with E-state index in [1.54, 1.807) is 4.57 Å². The van der Waals surface area contributed by atoms with Gasteiger partial charge in [0, 0.05) is 43.4 Å². The van der Waals surface area contributed by atoms with E-state index in [9.17, 15) is 23.3 Å². The summed E-state index contributed by atoms with van der Waals surface area (Å²) in [6.45, 7) is 6.44. The number of nitro groups is 1. The van der Waals surface area contributed by atoms with Crippen LogP contribution in [0, 0.1) is 10.1 Å². The highest BCUT2D eigenvalue weighted by molar-refractivity contribution is 5.85. The van der Waals surface area contributed by atoms with E-state index in [1.807, 2.05) is 31.2 Å². The molecule has 204 valence electrons. The van der Waals surface area contributed by atoms with Crippen LogP contribution in [-0.4, -0.2) is 64.1 Å². The lowest BCUT2D eigenvalue weighted by atomic mass is 10.1. The van der Waals surface area contributed by atoms with Crippen LogP contribution in [0.1, 0.15) is 6.92 Å². The van der Waals surface area contributed by atoms with Crippen LogP contribution in [0.2, 0.25) is 0 Å².